The van der Waals surface area contributed by atoms with Crippen molar-refractivity contribution in [2.24, 2.45) is 11.7 Å². The minimum atomic E-state index is -0.359. The maximum absolute atomic E-state index is 11.8. The van der Waals surface area contributed by atoms with Crippen molar-refractivity contribution in [2.75, 3.05) is 32.8 Å². The van der Waals surface area contributed by atoms with Crippen LogP contribution < -0.4 is 5.73 Å². The first-order valence-corrected chi connectivity index (χ1v) is 8.67. The molecule has 0 aromatic heterocycles. The molecule has 0 aliphatic carbocycles. The second-order valence-corrected chi connectivity index (χ2v) is 5.57. The van der Waals surface area contributed by atoms with Crippen LogP contribution in [-0.2, 0) is 14.3 Å². The van der Waals surface area contributed by atoms with Crippen LogP contribution in [-0.4, -0.2) is 49.9 Å². The van der Waals surface area contributed by atoms with Crippen LogP contribution >= 0.6 is 0 Å². The molecule has 0 rings (SSSR count). The fourth-order valence-electron chi connectivity index (χ4n) is 1.57. The zero-order chi connectivity index (χ0) is 17.4. The van der Waals surface area contributed by atoms with Gasteiger partial charge in [-0.2, -0.15) is 0 Å². The average Bonchev–Trinajstić information content (AvgIpc) is 2.51. The van der Waals surface area contributed by atoms with E-state index in [1.807, 2.05) is 13.8 Å². The van der Waals surface area contributed by atoms with Gasteiger partial charge in [0.1, 0.15) is 0 Å². The van der Waals surface area contributed by atoms with Gasteiger partial charge in [-0.25, -0.2) is 0 Å². The molecule has 0 aromatic carbocycles. The predicted octanol–water partition coefficient (Wildman–Crippen LogP) is 3.03. The third-order valence-corrected chi connectivity index (χ3v) is 3.08. The summed E-state index contributed by atoms with van der Waals surface area (Å²) in [6.07, 6.45) is 3.24. The van der Waals surface area contributed by atoms with Crippen molar-refractivity contribution in [2.45, 2.75) is 67.1 Å². The lowest BCUT2D eigenvalue weighted by atomic mass is 10.1. The van der Waals surface area contributed by atoms with E-state index < -0.39 is 0 Å². The van der Waals surface area contributed by atoms with Crippen LogP contribution in [0.15, 0.2) is 0 Å². The second-order valence-electron chi connectivity index (χ2n) is 5.57. The second kappa shape index (κ2) is 16.7. The van der Waals surface area contributed by atoms with E-state index >= 15 is 0 Å². The molecule has 0 atom stereocenters. The highest BCUT2D eigenvalue weighted by Gasteiger charge is 2.18. The molecule has 1 amide bonds. The topological polar surface area (TPSA) is 64.8 Å². The number of ether oxygens (including phenoxy) is 2. The number of rotatable bonds is 11. The van der Waals surface area contributed by atoms with Crippen molar-refractivity contribution in [3.63, 3.8) is 0 Å². The summed E-state index contributed by atoms with van der Waals surface area (Å²) >= 11 is 0. The summed E-state index contributed by atoms with van der Waals surface area (Å²) in [5.41, 5.74) is 5.43. The van der Waals surface area contributed by atoms with E-state index in [1.165, 1.54) is 12.8 Å². The van der Waals surface area contributed by atoms with Gasteiger partial charge < -0.3 is 20.1 Å². The summed E-state index contributed by atoms with van der Waals surface area (Å²) < 4.78 is 10.9. The Balaban J connectivity index is 0. The van der Waals surface area contributed by atoms with Crippen LogP contribution in [0.5, 0.6) is 0 Å². The van der Waals surface area contributed by atoms with Gasteiger partial charge in [0.15, 0.2) is 6.29 Å². The molecule has 0 saturated heterocycles. The van der Waals surface area contributed by atoms with Crippen molar-refractivity contribution in [3.05, 3.63) is 0 Å². The third-order valence-electron chi connectivity index (χ3n) is 3.08. The molecule has 134 valence electrons. The lowest BCUT2D eigenvalue weighted by molar-refractivity contribution is -0.158. The first-order valence-electron chi connectivity index (χ1n) is 8.67. The summed E-state index contributed by atoms with van der Waals surface area (Å²) in [5.74, 6) is 0.496. The quantitative estimate of drug-likeness (QED) is 0.595. The minimum absolute atomic E-state index is 0.0308. The van der Waals surface area contributed by atoms with Crippen LogP contribution in [0.4, 0.5) is 0 Å². The fourth-order valence-corrected chi connectivity index (χ4v) is 1.57. The zero-order valence-corrected chi connectivity index (χ0v) is 15.6. The number of hydrogen-bond donors (Lipinski definition) is 1. The van der Waals surface area contributed by atoms with Gasteiger partial charge in [0.25, 0.3) is 0 Å². The average molecular weight is 319 g/mol. The van der Waals surface area contributed by atoms with Crippen molar-refractivity contribution < 1.29 is 14.3 Å². The van der Waals surface area contributed by atoms with Crippen molar-refractivity contribution in [1.29, 1.82) is 0 Å². The smallest absolute Gasteiger partial charge is 0.236 e. The van der Waals surface area contributed by atoms with Gasteiger partial charge in [-0.3, -0.25) is 4.79 Å². The molecule has 0 aliphatic heterocycles. The van der Waals surface area contributed by atoms with Gasteiger partial charge >= 0.3 is 0 Å². The lowest BCUT2D eigenvalue weighted by Crippen LogP contribution is -2.43. The zero-order valence-electron chi connectivity index (χ0n) is 15.6. The molecule has 0 unspecified atom stereocenters. The molecule has 2 N–H and O–H groups in total. The van der Waals surface area contributed by atoms with Gasteiger partial charge in [0.05, 0.1) is 13.1 Å². The Kier molecular flexibility index (Phi) is 17.9. The Hall–Kier alpha value is -0.650. The molecule has 22 heavy (non-hydrogen) atoms. The number of nitrogens with zero attached hydrogens (tertiary/aromatic N) is 1. The first kappa shape index (κ1) is 23.6. The largest absolute Gasteiger partial charge is 0.351 e. The van der Waals surface area contributed by atoms with Gasteiger partial charge in [0.2, 0.25) is 5.91 Å². The number of unbranched alkanes of at least 4 members (excludes halogenated alkanes) is 1. The fraction of sp³-hybridized carbons (Fsp3) is 0.941. The Morgan fingerprint density at radius 3 is 1.86 bits per heavy atom. The molecule has 0 aliphatic rings. The summed E-state index contributed by atoms with van der Waals surface area (Å²) in [6.45, 7) is 14.8. The molecule has 0 fully saturated rings. The number of carbonyl (C=O) groups is 1. The lowest BCUT2D eigenvalue weighted by Gasteiger charge is -2.27. The Bertz CT molecular complexity index is 240. The van der Waals surface area contributed by atoms with Crippen LogP contribution in [0.1, 0.15) is 60.8 Å². The summed E-state index contributed by atoms with van der Waals surface area (Å²) in [7, 11) is 0. The summed E-state index contributed by atoms with van der Waals surface area (Å²) in [4.78, 5) is 13.5. The highest BCUT2D eigenvalue weighted by molar-refractivity contribution is 5.78. The van der Waals surface area contributed by atoms with E-state index in [0.717, 1.165) is 6.42 Å². The van der Waals surface area contributed by atoms with Gasteiger partial charge in [0, 0.05) is 19.8 Å². The van der Waals surface area contributed by atoms with Crippen LogP contribution in [0.2, 0.25) is 0 Å². The highest BCUT2D eigenvalue weighted by atomic mass is 16.7. The Labute approximate surface area is 137 Å². The number of nitrogens with two attached hydrogens (primary N) is 1. The van der Waals surface area contributed by atoms with E-state index in [4.69, 9.17) is 15.2 Å². The molecule has 5 nitrogen and oxygen atoms in total. The predicted molar refractivity (Wildman–Crippen MR) is 92.7 cm³/mol. The molecular formula is C17H38N2O3. The summed E-state index contributed by atoms with van der Waals surface area (Å²) in [5, 5.41) is 0. The first-order chi connectivity index (χ1) is 10.5. The van der Waals surface area contributed by atoms with Crippen LogP contribution in [0.25, 0.3) is 0 Å². The monoisotopic (exact) mass is 318 g/mol. The molecule has 5 heteroatoms. The van der Waals surface area contributed by atoms with E-state index in [2.05, 4.69) is 27.7 Å². The Morgan fingerprint density at radius 1 is 1.05 bits per heavy atom. The minimum Gasteiger partial charge on any atom is -0.351 e. The van der Waals surface area contributed by atoms with E-state index in [1.54, 1.807) is 4.90 Å². The van der Waals surface area contributed by atoms with Crippen LogP contribution in [0, 0.1) is 5.92 Å². The number of hydrogen-bond acceptors (Lipinski definition) is 4. The standard InChI is InChI=1S/C13H28N2O3.C4H10/c1-5-17-13(18-6-2)10-15(12(16)9-14)8-7-11(3)4;1-3-4-2/h11,13H,5-10,14H2,1-4H3;3-4H2,1-2H3. The van der Waals surface area contributed by atoms with E-state index in [-0.39, 0.29) is 18.7 Å². The molecular weight excluding hydrogens is 280 g/mol. The molecule has 0 heterocycles. The van der Waals surface area contributed by atoms with E-state index in [0.29, 0.717) is 32.2 Å². The maximum atomic E-state index is 11.8. The van der Waals surface area contributed by atoms with Gasteiger partial charge in [-0.1, -0.05) is 40.5 Å². The molecule has 0 aromatic rings. The molecule has 0 bridgehead atoms. The molecule has 0 spiro atoms. The summed E-state index contributed by atoms with van der Waals surface area (Å²) in [6, 6.07) is 0. The van der Waals surface area contributed by atoms with Gasteiger partial charge in [-0.15, -0.1) is 0 Å². The number of amides is 1. The van der Waals surface area contributed by atoms with Crippen molar-refractivity contribution in [3.8, 4) is 0 Å². The highest BCUT2D eigenvalue weighted by Crippen LogP contribution is 2.06. The molecule has 0 radical (unpaired) electrons. The van der Waals surface area contributed by atoms with E-state index in [9.17, 15) is 4.79 Å². The third kappa shape index (κ3) is 14.3. The normalized spacial score (nSPS) is 10.6. The number of carbonyl (C=O) groups excluding carboxylic acids is 1. The molecule has 0 saturated carbocycles. The Morgan fingerprint density at radius 2 is 1.55 bits per heavy atom. The van der Waals surface area contributed by atoms with Crippen molar-refractivity contribution >= 4 is 5.91 Å². The van der Waals surface area contributed by atoms with Crippen LogP contribution in [0.3, 0.4) is 0 Å². The maximum Gasteiger partial charge on any atom is 0.236 e. The van der Waals surface area contributed by atoms with Gasteiger partial charge in [-0.05, 0) is 26.2 Å². The SMILES string of the molecule is CCCC.CCOC(CN(CCC(C)C)C(=O)CN)OCC. The van der Waals surface area contributed by atoms with Crippen molar-refractivity contribution in [1.82, 2.24) is 4.90 Å².